The first kappa shape index (κ1) is 14.9. The molecule has 1 heterocycles. The third-order valence-electron chi connectivity index (χ3n) is 2.27. The molecule has 1 aliphatic carbocycles. The van der Waals surface area contributed by atoms with Gasteiger partial charge in [-0.3, -0.25) is 4.79 Å². The lowest BCUT2D eigenvalue weighted by molar-refractivity contribution is -0.120. The zero-order valence-electron chi connectivity index (χ0n) is 7.64. The molecule has 0 spiro atoms. The molecule has 1 fully saturated rings. The smallest absolute Gasteiger partial charge is 0.231 e. The van der Waals surface area contributed by atoms with E-state index in [0.717, 1.165) is 16.4 Å². The maximum absolute atomic E-state index is 11.1. The third-order valence-corrected chi connectivity index (χ3v) is 2.83. The minimum atomic E-state index is -0.551. The number of rotatable bonds is 2. The zero-order valence-corrected chi connectivity index (χ0v) is 11.4. The van der Waals surface area contributed by atoms with Crippen LogP contribution >= 0.6 is 47.4 Å². The number of halogens is 3. The van der Waals surface area contributed by atoms with Gasteiger partial charge in [0.15, 0.2) is 0 Å². The van der Waals surface area contributed by atoms with Crippen molar-refractivity contribution in [2.45, 2.75) is 18.3 Å². The van der Waals surface area contributed by atoms with Crippen LogP contribution < -0.4 is 5.73 Å². The van der Waals surface area contributed by atoms with Crippen LogP contribution in [0.4, 0.5) is 0 Å². The van der Waals surface area contributed by atoms with Gasteiger partial charge in [0.25, 0.3) is 0 Å². The van der Waals surface area contributed by atoms with E-state index in [2.05, 4.69) is 32.6 Å². The summed E-state index contributed by atoms with van der Waals surface area (Å²) in [6.45, 7) is 0. The van der Waals surface area contributed by atoms with Crippen LogP contribution in [0.3, 0.4) is 0 Å². The van der Waals surface area contributed by atoms with Crippen molar-refractivity contribution in [3.8, 4) is 0 Å². The van der Waals surface area contributed by atoms with Crippen LogP contribution in [0.2, 0.25) is 0 Å². The van der Waals surface area contributed by atoms with E-state index in [1.54, 1.807) is 12.4 Å². The normalized spacial score (nSPS) is 15.8. The van der Waals surface area contributed by atoms with Gasteiger partial charge in [-0.15, -0.1) is 24.8 Å². The van der Waals surface area contributed by atoms with E-state index in [1.165, 1.54) is 0 Å². The number of hydrogen-bond donors (Lipinski definition) is 1. The predicted octanol–water partition coefficient (Wildman–Crippen LogP) is 1.44. The van der Waals surface area contributed by atoms with Gasteiger partial charge < -0.3 is 5.73 Å². The van der Waals surface area contributed by atoms with Crippen LogP contribution in [0.1, 0.15) is 18.7 Å². The van der Waals surface area contributed by atoms with Gasteiger partial charge in [0.05, 0.1) is 0 Å². The Morgan fingerprint density at radius 2 is 1.80 bits per heavy atom. The number of hydrogen-bond acceptors (Lipinski definition) is 3. The summed E-state index contributed by atoms with van der Waals surface area (Å²) in [4.78, 5) is 19.3. The first-order chi connectivity index (χ1) is 6.15. The average Bonchev–Trinajstić information content (AvgIpc) is 2.86. The second-order valence-electron chi connectivity index (χ2n) is 3.17. The van der Waals surface area contributed by atoms with Crippen LogP contribution in [-0.2, 0) is 10.2 Å². The van der Waals surface area contributed by atoms with Gasteiger partial charge in [-0.1, -0.05) is 0 Å². The quantitative estimate of drug-likeness (QED) is 0.810. The third kappa shape index (κ3) is 2.70. The maximum Gasteiger partial charge on any atom is 0.231 e. The van der Waals surface area contributed by atoms with Gasteiger partial charge in [-0.05, 0) is 35.4 Å². The van der Waals surface area contributed by atoms with E-state index < -0.39 is 5.41 Å². The van der Waals surface area contributed by atoms with Gasteiger partial charge in [0.2, 0.25) is 5.91 Å². The summed E-state index contributed by atoms with van der Waals surface area (Å²) < 4.78 is 0.960. The SMILES string of the molecule is Cl.Cl.NC(=O)C1(c2ncc(I)cn2)CC1. The summed E-state index contributed by atoms with van der Waals surface area (Å²) in [5, 5.41) is 0. The van der Waals surface area contributed by atoms with Crippen LogP contribution in [0, 0.1) is 3.57 Å². The molecule has 1 aromatic heterocycles. The van der Waals surface area contributed by atoms with Crippen molar-refractivity contribution < 1.29 is 4.79 Å². The highest BCUT2D eigenvalue weighted by atomic mass is 127. The fraction of sp³-hybridized carbons (Fsp3) is 0.375. The van der Waals surface area contributed by atoms with Crippen LogP contribution in [-0.4, -0.2) is 15.9 Å². The van der Waals surface area contributed by atoms with E-state index in [-0.39, 0.29) is 30.7 Å². The first-order valence-corrected chi connectivity index (χ1v) is 5.01. The molecule has 0 aromatic carbocycles. The number of carbonyl (C=O) groups excluding carboxylic acids is 1. The lowest BCUT2D eigenvalue weighted by Gasteiger charge is -2.07. The molecular formula is C8H10Cl2IN3O. The maximum atomic E-state index is 11.1. The van der Waals surface area contributed by atoms with Crippen molar-refractivity contribution in [3.63, 3.8) is 0 Å². The number of primary amides is 1. The van der Waals surface area contributed by atoms with Crippen molar-refractivity contribution in [1.29, 1.82) is 0 Å². The molecule has 7 heteroatoms. The summed E-state index contributed by atoms with van der Waals surface area (Å²) in [7, 11) is 0. The van der Waals surface area contributed by atoms with Gasteiger partial charge >= 0.3 is 0 Å². The fourth-order valence-corrected chi connectivity index (χ4v) is 1.54. The van der Waals surface area contributed by atoms with Gasteiger partial charge in [-0.2, -0.15) is 0 Å². The second kappa shape index (κ2) is 5.27. The van der Waals surface area contributed by atoms with Gasteiger partial charge in [-0.25, -0.2) is 9.97 Å². The highest BCUT2D eigenvalue weighted by Gasteiger charge is 2.52. The lowest BCUT2D eigenvalue weighted by atomic mass is 10.1. The van der Waals surface area contributed by atoms with Crippen LogP contribution in [0.5, 0.6) is 0 Å². The molecule has 0 atom stereocenters. The largest absolute Gasteiger partial charge is 0.369 e. The highest BCUT2D eigenvalue weighted by molar-refractivity contribution is 14.1. The summed E-state index contributed by atoms with van der Waals surface area (Å²) in [6, 6.07) is 0. The number of nitrogens with zero attached hydrogens (tertiary/aromatic N) is 2. The number of aromatic nitrogens is 2. The monoisotopic (exact) mass is 361 g/mol. The molecule has 2 N–H and O–H groups in total. The van der Waals surface area contributed by atoms with E-state index >= 15 is 0 Å². The van der Waals surface area contributed by atoms with Crippen molar-refractivity contribution >= 4 is 53.3 Å². The van der Waals surface area contributed by atoms with E-state index in [1.807, 2.05) is 0 Å². The van der Waals surface area contributed by atoms with Crippen LogP contribution in [0.25, 0.3) is 0 Å². The molecule has 1 saturated carbocycles. The minimum absolute atomic E-state index is 0. The van der Waals surface area contributed by atoms with Gasteiger partial charge in [0, 0.05) is 16.0 Å². The van der Waals surface area contributed by atoms with Crippen LogP contribution in [0.15, 0.2) is 12.4 Å². The molecule has 0 bridgehead atoms. The Kier molecular flexibility index (Phi) is 5.22. The van der Waals surface area contributed by atoms with Crippen molar-refractivity contribution in [1.82, 2.24) is 9.97 Å². The molecular weight excluding hydrogens is 352 g/mol. The topological polar surface area (TPSA) is 68.9 Å². The Bertz CT molecular complexity index is 353. The van der Waals surface area contributed by atoms with Crippen molar-refractivity contribution in [3.05, 3.63) is 21.8 Å². The Morgan fingerprint density at radius 3 is 2.13 bits per heavy atom. The number of amides is 1. The molecule has 1 aliphatic rings. The van der Waals surface area contributed by atoms with Crippen molar-refractivity contribution in [2.24, 2.45) is 5.73 Å². The predicted molar refractivity (Wildman–Crippen MR) is 69.4 cm³/mol. The Balaban J connectivity index is 0.000000980. The molecule has 4 nitrogen and oxygen atoms in total. The summed E-state index contributed by atoms with van der Waals surface area (Å²) in [5.41, 5.74) is 4.73. The zero-order chi connectivity index (χ0) is 9.47. The first-order valence-electron chi connectivity index (χ1n) is 3.93. The van der Waals surface area contributed by atoms with E-state index in [0.29, 0.717) is 5.82 Å². The Labute approximate surface area is 113 Å². The van der Waals surface area contributed by atoms with E-state index in [9.17, 15) is 4.79 Å². The summed E-state index contributed by atoms with van der Waals surface area (Å²) >= 11 is 2.12. The fourth-order valence-electron chi connectivity index (χ4n) is 1.26. The molecule has 0 unspecified atom stereocenters. The summed E-state index contributed by atoms with van der Waals surface area (Å²) in [5.74, 6) is 0.258. The average molecular weight is 362 g/mol. The Hall–Kier alpha value is -0.140. The molecule has 0 aliphatic heterocycles. The highest BCUT2D eigenvalue weighted by Crippen LogP contribution is 2.45. The second-order valence-corrected chi connectivity index (χ2v) is 4.42. The standard InChI is InChI=1S/C8H8IN3O.2ClH/c9-5-3-11-7(12-4-5)8(1-2-8)6(10)13;;/h3-4H,1-2H2,(H2,10,13);2*1H. The molecule has 84 valence electrons. The molecule has 1 aromatic rings. The van der Waals surface area contributed by atoms with E-state index in [4.69, 9.17) is 5.73 Å². The molecule has 0 saturated heterocycles. The molecule has 15 heavy (non-hydrogen) atoms. The lowest BCUT2D eigenvalue weighted by Crippen LogP contribution is -2.30. The minimum Gasteiger partial charge on any atom is -0.369 e. The van der Waals surface area contributed by atoms with Gasteiger partial charge in [0.1, 0.15) is 11.2 Å². The summed E-state index contributed by atoms with van der Waals surface area (Å²) in [6.07, 6.45) is 4.96. The number of nitrogens with two attached hydrogens (primary N) is 1. The molecule has 1 amide bonds. The molecule has 0 radical (unpaired) electrons. The Morgan fingerprint density at radius 1 is 1.33 bits per heavy atom. The molecule has 2 rings (SSSR count). The van der Waals surface area contributed by atoms with Crippen molar-refractivity contribution in [2.75, 3.05) is 0 Å². The number of carbonyl (C=O) groups is 1.